The molecule has 1 fully saturated rings. The summed E-state index contributed by atoms with van der Waals surface area (Å²) in [6.45, 7) is -0.899. The number of urea groups is 1. The molecule has 0 atom stereocenters. The molecule has 0 aromatic heterocycles. The van der Waals surface area contributed by atoms with Crippen molar-refractivity contribution in [2.75, 3.05) is 13.2 Å². The normalized spacial score (nSPS) is 15.7. The van der Waals surface area contributed by atoms with Gasteiger partial charge in [0.2, 0.25) is 0 Å². The van der Waals surface area contributed by atoms with E-state index in [1.807, 2.05) is 5.16 Å². The highest BCUT2D eigenvalue weighted by Gasteiger charge is 2.43. The molecular formula is C5H4N4O4S. The highest BCUT2D eigenvalue weighted by atomic mass is 32.1. The zero-order valence-electron chi connectivity index (χ0n) is 6.74. The number of carbonyl (C=O) groups is 2. The average molecular weight is 216 g/mol. The molecule has 9 heteroatoms. The molecule has 8 nitrogen and oxygen atoms in total. The molecule has 0 N–H and O–H groups in total. The number of thiocarbonyl (C=S) groups is 1. The molecule has 0 saturated carbocycles. The summed E-state index contributed by atoms with van der Waals surface area (Å²) in [6, 6.07) is -1.01. The molecular weight excluding hydrogens is 212 g/mol. The number of amides is 3. The van der Waals surface area contributed by atoms with E-state index in [9.17, 15) is 19.7 Å². The van der Waals surface area contributed by atoms with Gasteiger partial charge in [0.25, 0.3) is 5.91 Å². The Hall–Kier alpha value is -1.86. The third-order valence-electron chi connectivity index (χ3n) is 1.51. The summed E-state index contributed by atoms with van der Waals surface area (Å²) in [4.78, 5) is 36.4. The van der Waals surface area contributed by atoms with Gasteiger partial charge in [-0.1, -0.05) is 0 Å². The Kier molecular flexibility index (Phi) is 2.85. The number of imide groups is 1. The van der Waals surface area contributed by atoms with E-state index in [0.29, 0.717) is 4.90 Å². The summed E-state index contributed by atoms with van der Waals surface area (Å²) in [5.74, 6) is -0.680. The van der Waals surface area contributed by atoms with E-state index in [4.69, 9.17) is 0 Å². The van der Waals surface area contributed by atoms with E-state index >= 15 is 0 Å². The van der Waals surface area contributed by atoms with E-state index in [1.54, 1.807) is 0 Å². The van der Waals surface area contributed by atoms with Crippen LogP contribution in [0.3, 0.4) is 0 Å². The number of nitro groups is 1. The highest BCUT2D eigenvalue weighted by molar-refractivity contribution is 7.78. The molecule has 14 heavy (non-hydrogen) atoms. The van der Waals surface area contributed by atoms with Gasteiger partial charge in [0.15, 0.2) is 11.6 Å². The third kappa shape index (κ3) is 1.73. The second-order valence-corrected chi connectivity index (χ2v) is 2.47. The Morgan fingerprint density at radius 3 is 2.71 bits per heavy atom. The van der Waals surface area contributed by atoms with Crippen LogP contribution < -0.4 is 0 Å². The van der Waals surface area contributed by atoms with Crippen molar-refractivity contribution in [2.24, 2.45) is 4.99 Å². The van der Waals surface area contributed by atoms with Crippen molar-refractivity contribution < 1.29 is 14.6 Å². The molecule has 0 unspecified atom stereocenters. The van der Waals surface area contributed by atoms with Crippen molar-refractivity contribution >= 4 is 29.3 Å². The van der Waals surface area contributed by atoms with Crippen LogP contribution in [0.15, 0.2) is 4.99 Å². The smallest absolute Gasteiger partial charge is 0.272 e. The lowest BCUT2D eigenvalue weighted by atomic mass is 10.6. The Morgan fingerprint density at radius 1 is 1.64 bits per heavy atom. The van der Waals surface area contributed by atoms with Crippen LogP contribution in [0.5, 0.6) is 0 Å². The SMILES string of the molecule is O=C1CN([N+](=O)[O-])C(=O)N1CN=C=S. The predicted octanol–water partition coefficient (Wildman–Crippen LogP) is -0.497. The van der Waals surface area contributed by atoms with Gasteiger partial charge in [0.05, 0.1) is 5.16 Å². The van der Waals surface area contributed by atoms with Gasteiger partial charge < -0.3 is 0 Å². The summed E-state index contributed by atoms with van der Waals surface area (Å²) in [6.07, 6.45) is 0. The summed E-state index contributed by atoms with van der Waals surface area (Å²) in [7, 11) is 0. The molecule has 0 spiro atoms. The molecule has 1 saturated heterocycles. The maximum atomic E-state index is 11.1. The maximum Gasteiger partial charge on any atom is 0.386 e. The first-order valence-corrected chi connectivity index (χ1v) is 3.78. The van der Waals surface area contributed by atoms with E-state index in [-0.39, 0.29) is 11.7 Å². The number of hydrazine groups is 1. The summed E-state index contributed by atoms with van der Waals surface area (Å²) >= 11 is 4.23. The minimum Gasteiger partial charge on any atom is -0.272 e. The van der Waals surface area contributed by atoms with Crippen molar-refractivity contribution in [2.45, 2.75) is 0 Å². The fourth-order valence-electron chi connectivity index (χ4n) is 0.894. The number of aliphatic imine (C=N–C) groups is 1. The monoisotopic (exact) mass is 216 g/mol. The lowest BCUT2D eigenvalue weighted by Crippen LogP contribution is -2.36. The first-order valence-electron chi connectivity index (χ1n) is 3.37. The van der Waals surface area contributed by atoms with Crippen LogP contribution in [0.1, 0.15) is 0 Å². The first-order chi connectivity index (χ1) is 6.57. The maximum absolute atomic E-state index is 11.1. The number of isothiocyanates is 1. The average Bonchev–Trinajstić information content (AvgIpc) is 2.40. The number of nitrogens with zero attached hydrogens (tertiary/aromatic N) is 4. The van der Waals surface area contributed by atoms with Crippen molar-refractivity contribution in [3.8, 4) is 0 Å². The fraction of sp³-hybridized carbons (Fsp3) is 0.400. The predicted molar refractivity (Wildman–Crippen MR) is 45.8 cm³/mol. The molecule has 0 radical (unpaired) electrons. The topological polar surface area (TPSA) is 96.1 Å². The molecule has 0 aromatic rings. The Bertz CT molecular complexity index is 350. The fourth-order valence-corrected chi connectivity index (χ4v) is 0.951. The van der Waals surface area contributed by atoms with Crippen molar-refractivity contribution in [3.05, 3.63) is 10.1 Å². The summed E-state index contributed by atoms with van der Waals surface area (Å²) < 4.78 is 0. The Balaban J connectivity index is 2.80. The van der Waals surface area contributed by atoms with Crippen LogP contribution in [-0.4, -0.2) is 45.3 Å². The van der Waals surface area contributed by atoms with Crippen LogP contribution in [0.25, 0.3) is 0 Å². The largest absolute Gasteiger partial charge is 0.386 e. The standard InChI is InChI=1S/C5H4N4O4S/c10-4-1-8(9(12)13)5(11)7(4)2-6-3-14/h1-2H2. The quantitative estimate of drug-likeness (QED) is 0.208. The molecule has 0 aromatic carbocycles. The minimum absolute atomic E-state index is 0.210. The molecule has 1 aliphatic rings. The van der Waals surface area contributed by atoms with Crippen LogP contribution in [0, 0.1) is 10.1 Å². The van der Waals surface area contributed by atoms with Crippen LogP contribution in [0.4, 0.5) is 4.79 Å². The van der Waals surface area contributed by atoms with Crippen LogP contribution in [0.2, 0.25) is 0 Å². The molecule has 0 aliphatic carbocycles. The molecule has 1 heterocycles. The number of rotatable bonds is 3. The van der Waals surface area contributed by atoms with Gasteiger partial charge in [0, 0.05) is 0 Å². The molecule has 74 valence electrons. The van der Waals surface area contributed by atoms with Gasteiger partial charge in [-0.3, -0.25) is 4.79 Å². The Morgan fingerprint density at radius 2 is 2.29 bits per heavy atom. The summed E-state index contributed by atoms with van der Waals surface area (Å²) in [5, 5.41) is 11.5. The van der Waals surface area contributed by atoms with E-state index in [0.717, 1.165) is 0 Å². The molecule has 1 rings (SSSR count). The number of carbonyl (C=O) groups excluding carboxylic acids is 2. The highest BCUT2D eigenvalue weighted by Crippen LogP contribution is 2.09. The van der Waals surface area contributed by atoms with Crippen LogP contribution in [-0.2, 0) is 4.79 Å². The van der Waals surface area contributed by atoms with Gasteiger partial charge in [0.1, 0.15) is 6.67 Å². The second-order valence-electron chi connectivity index (χ2n) is 2.29. The van der Waals surface area contributed by atoms with Crippen molar-refractivity contribution in [3.63, 3.8) is 0 Å². The van der Waals surface area contributed by atoms with Crippen molar-refractivity contribution in [1.82, 2.24) is 9.91 Å². The van der Waals surface area contributed by atoms with Crippen LogP contribution >= 0.6 is 12.2 Å². The summed E-state index contributed by atoms with van der Waals surface area (Å²) in [5.41, 5.74) is 0. The van der Waals surface area contributed by atoms with Crippen molar-refractivity contribution in [1.29, 1.82) is 0 Å². The lowest BCUT2D eigenvalue weighted by molar-refractivity contribution is -0.628. The molecule has 0 bridgehead atoms. The van der Waals surface area contributed by atoms with Gasteiger partial charge in [-0.25, -0.2) is 24.8 Å². The minimum atomic E-state index is -1.01. The number of hydrogen-bond acceptors (Lipinski definition) is 6. The van der Waals surface area contributed by atoms with Gasteiger partial charge in [-0.05, 0) is 17.2 Å². The van der Waals surface area contributed by atoms with E-state index in [1.165, 1.54) is 0 Å². The molecule has 3 amide bonds. The molecule has 1 aliphatic heterocycles. The lowest BCUT2D eigenvalue weighted by Gasteiger charge is -2.06. The second kappa shape index (κ2) is 3.90. The third-order valence-corrected chi connectivity index (χ3v) is 1.64. The van der Waals surface area contributed by atoms with E-state index < -0.39 is 23.5 Å². The Labute approximate surface area is 82.9 Å². The van der Waals surface area contributed by atoms with Gasteiger partial charge in [-0.15, -0.1) is 0 Å². The zero-order valence-corrected chi connectivity index (χ0v) is 7.56. The number of hydrogen-bond donors (Lipinski definition) is 0. The van der Waals surface area contributed by atoms with Gasteiger partial charge >= 0.3 is 6.03 Å². The van der Waals surface area contributed by atoms with Gasteiger partial charge in [-0.2, -0.15) is 0 Å². The first kappa shape index (κ1) is 10.2. The zero-order chi connectivity index (χ0) is 10.7. The van der Waals surface area contributed by atoms with E-state index in [2.05, 4.69) is 17.2 Å².